The number of ether oxygens (including phenoxy) is 1. The minimum absolute atomic E-state index is 0.350. The maximum absolute atomic E-state index is 10.9. The molecule has 0 aliphatic rings. The van der Waals surface area contributed by atoms with Crippen molar-refractivity contribution in [3.8, 4) is 5.75 Å². The molecule has 4 N–H and O–H groups in total. The first-order valence-corrected chi connectivity index (χ1v) is 6.00. The minimum Gasteiger partial charge on any atom is -0.487 e. The number of benzene rings is 2. The van der Waals surface area contributed by atoms with Crippen LogP contribution in [0.3, 0.4) is 0 Å². The molecule has 0 radical (unpaired) electrons. The highest BCUT2D eigenvalue weighted by Crippen LogP contribution is 2.27. The number of carbonyl (C=O) groups is 1. The Hall–Kier alpha value is -2.20. The molecule has 2 aromatic rings. The number of nitrogens with two attached hydrogens (primary N) is 2. The van der Waals surface area contributed by atoms with Gasteiger partial charge >= 0.3 is 0 Å². The summed E-state index contributed by atoms with van der Waals surface area (Å²) in [5.41, 5.74) is 12.7. The molecule has 2 aromatic carbocycles. The van der Waals surface area contributed by atoms with E-state index in [4.69, 9.17) is 27.8 Å². The maximum atomic E-state index is 10.9. The quantitative estimate of drug-likeness (QED) is 0.843. The molecular formula is C14H13ClN2O2. The summed E-state index contributed by atoms with van der Waals surface area (Å²) in [6, 6.07) is 12.0. The first-order valence-electron chi connectivity index (χ1n) is 5.63. The molecule has 0 saturated carbocycles. The number of halogens is 1. The molecule has 0 aromatic heterocycles. The Labute approximate surface area is 115 Å². The van der Waals surface area contributed by atoms with Crippen LogP contribution in [-0.2, 0) is 6.61 Å². The molecule has 0 aliphatic carbocycles. The third-order valence-electron chi connectivity index (χ3n) is 2.59. The van der Waals surface area contributed by atoms with Crippen LogP contribution in [0.4, 0.5) is 5.69 Å². The molecule has 5 heteroatoms. The van der Waals surface area contributed by atoms with E-state index >= 15 is 0 Å². The second-order valence-electron chi connectivity index (χ2n) is 4.04. The summed E-state index contributed by atoms with van der Waals surface area (Å²) in [5.74, 6) is 0.115. The highest BCUT2D eigenvalue weighted by atomic mass is 35.5. The van der Waals surface area contributed by atoms with Crippen LogP contribution in [0.1, 0.15) is 15.9 Å². The predicted octanol–water partition coefficient (Wildman–Crippen LogP) is 2.60. The van der Waals surface area contributed by atoms with Gasteiger partial charge in [-0.1, -0.05) is 23.7 Å². The Bertz CT molecular complexity index is 597. The van der Waals surface area contributed by atoms with Gasteiger partial charge in [0.05, 0.1) is 5.02 Å². The first kappa shape index (κ1) is 13.2. The highest BCUT2D eigenvalue weighted by Gasteiger charge is 2.03. The number of amides is 1. The van der Waals surface area contributed by atoms with Crippen molar-refractivity contribution in [1.82, 2.24) is 0 Å². The van der Waals surface area contributed by atoms with Gasteiger partial charge in [0.25, 0.3) is 0 Å². The van der Waals surface area contributed by atoms with Crippen LogP contribution in [0.2, 0.25) is 5.02 Å². The third-order valence-corrected chi connectivity index (χ3v) is 2.88. The van der Waals surface area contributed by atoms with Crippen LogP contribution >= 0.6 is 11.6 Å². The van der Waals surface area contributed by atoms with Gasteiger partial charge in [0.2, 0.25) is 5.91 Å². The summed E-state index contributed by atoms with van der Waals surface area (Å²) in [4.78, 5) is 10.9. The lowest BCUT2D eigenvalue weighted by Crippen LogP contribution is -2.10. The van der Waals surface area contributed by atoms with Gasteiger partial charge in [-0.15, -0.1) is 0 Å². The van der Waals surface area contributed by atoms with Crippen molar-refractivity contribution < 1.29 is 9.53 Å². The number of rotatable bonds is 4. The number of carbonyl (C=O) groups excluding carboxylic acids is 1. The van der Waals surface area contributed by atoms with Crippen molar-refractivity contribution in [2.45, 2.75) is 6.61 Å². The summed E-state index contributed by atoms with van der Waals surface area (Å²) in [7, 11) is 0. The summed E-state index contributed by atoms with van der Waals surface area (Å²) < 4.78 is 5.57. The van der Waals surface area contributed by atoms with Crippen molar-refractivity contribution in [1.29, 1.82) is 0 Å². The van der Waals surface area contributed by atoms with Crippen LogP contribution in [0.5, 0.6) is 5.75 Å². The Morgan fingerprint density at radius 1 is 1.16 bits per heavy atom. The van der Waals surface area contributed by atoms with Gasteiger partial charge in [-0.05, 0) is 35.9 Å². The van der Waals surface area contributed by atoms with Crippen LogP contribution in [-0.4, -0.2) is 5.91 Å². The zero-order valence-corrected chi connectivity index (χ0v) is 10.9. The summed E-state index contributed by atoms with van der Waals surface area (Å²) in [5, 5.41) is 0.466. The molecule has 0 saturated heterocycles. The molecule has 0 unspecified atom stereocenters. The molecule has 0 bridgehead atoms. The molecule has 4 nitrogen and oxygen atoms in total. The van der Waals surface area contributed by atoms with Crippen molar-refractivity contribution in [2.75, 3.05) is 5.73 Å². The van der Waals surface area contributed by atoms with Crippen molar-refractivity contribution in [2.24, 2.45) is 5.73 Å². The Balaban J connectivity index is 2.04. The molecule has 0 aliphatic heterocycles. The number of primary amides is 1. The first-order chi connectivity index (χ1) is 9.06. The van der Waals surface area contributed by atoms with Gasteiger partial charge in [-0.25, -0.2) is 0 Å². The van der Waals surface area contributed by atoms with E-state index in [1.807, 2.05) is 0 Å². The fourth-order valence-electron chi connectivity index (χ4n) is 1.56. The van der Waals surface area contributed by atoms with E-state index in [2.05, 4.69) is 0 Å². The fourth-order valence-corrected chi connectivity index (χ4v) is 1.80. The van der Waals surface area contributed by atoms with E-state index in [9.17, 15) is 4.79 Å². The second kappa shape index (κ2) is 5.63. The van der Waals surface area contributed by atoms with Crippen LogP contribution in [0, 0.1) is 0 Å². The van der Waals surface area contributed by atoms with Gasteiger partial charge < -0.3 is 16.2 Å². The normalized spacial score (nSPS) is 10.2. The molecule has 1 amide bonds. The van der Waals surface area contributed by atoms with E-state index in [1.54, 1.807) is 42.5 Å². The lowest BCUT2D eigenvalue weighted by molar-refractivity contribution is 0.1000. The average molecular weight is 277 g/mol. The molecular weight excluding hydrogens is 264 g/mol. The monoisotopic (exact) mass is 276 g/mol. The van der Waals surface area contributed by atoms with Crippen molar-refractivity contribution >= 4 is 23.2 Å². The van der Waals surface area contributed by atoms with Gasteiger partial charge in [0, 0.05) is 11.3 Å². The third kappa shape index (κ3) is 3.39. The summed E-state index contributed by atoms with van der Waals surface area (Å²) >= 11 is 6.00. The Kier molecular flexibility index (Phi) is 3.92. The lowest BCUT2D eigenvalue weighted by Gasteiger charge is -2.08. The average Bonchev–Trinajstić information content (AvgIpc) is 2.38. The predicted molar refractivity (Wildman–Crippen MR) is 75.2 cm³/mol. The smallest absolute Gasteiger partial charge is 0.248 e. The van der Waals surface area contributed by atoms with E-state index in [0.29, 0.717) is 28.6 Å². The SMILES string of the molecule is NC(=O)c1ccc(COc2ccc(N)cc2Cl)cc1. The van der Waals surface area contributed by atoms with Crippen LogP contribution in [0.25, 0.3) is 0 Å². The Morgan fingerprint density at radius 3 is 2.42 bits per heavy atom. The minimum atomic E-state index is -0.450. The van der Waals surface area contributed by atoms with Crippen molar-refractivity contribution in [3.63, 3.8) is 0 Å². The van der Waals surface area contributed by atoms with Gasteiger partial charge in [-0.3, -0.25) is 4.79 Å². The molecule has 0 atom stereocenters. The zero-order chi connectivity index (χ0) is 13.8. The van der Waals surface area contributed by atoms with E-state index in [1.165, 1.54) is 0 Å². The topological polar surface area (TPSA) is 78.3 Å². The number of anilines is 1. The van der Waals surface area contributed by atoms with E-state index in [0.717, 1.165) is 5.56 Å². The number of nitrogen functional groups attached to an aromatic ring is 1. The number of hydrogen-bond acceptors (Lipinski definition) is 3. The Morgan fingerprint density at radius 2 is 1.84 bits per heavy atom. The van der Waals surface area contributed by atoms with Gasteiger partial charge in [0.1, 0.15) is 12.4 Å². The molecule has 0 heterocycles. The molecule has 0 fully saturated rings. The van der Waals surface area contributed by atoms with Crippen LogP contribution < -0.4 is 16.2 Å². The molecule has 98 valence electrons. The molecule has 19 heavy (non-hydrogen) atoms. The summed E-state index contributed by atoms with van der Waals surface area (Å²) in [6.45, 7) is 0.350. The number of hydrogen-bond donors (Lipinski definition) is 2. The molecule has 0 spiro atoms. The maximum Gasteiger partial charge on any atom is 0.248 e. The highest BCUT2D eigenvalue weighted by molar-refractivity contribution is 6.32. The van der Waals surface area contributed by atoms with Crippen LogP contribution in [0.15, 0.2) is 42.5 Å². The van der Waals surface area contributed by atoms with E-state index in [-0.39, 0.29) is 0 Å². The van der Waals surface area contributed by atoms with E-state index < -0.39 is 5.91 Å². The van der Waals surface area contributed by atoms with Gasteiger partial charge in [-0.2, -0.15) is 0 Å². The zero-order valence-electron chi connectivity index (χ0n) is 10.1. The molecule has 2 rings (SSSR count). The summed E-state index contributed by atoms with van der Waals surface area (Å²) in [6.07, 6.45) is 0. The van der Waals surface area contributed by atoms with Crippen molar-refractivity contribution in [3.05, 3.63) is 58.6 Å². The standard InChI is InChI=1S/C14H13ClN2O2/c15-12-7-11(16)5-6-13(12)19-8-9-1-3-10(4-2-9)14(17)18/h1-7H,8,16H2,(H2,17,18). The fraction of sp³-hybridized carbons (Fsp3) is 0.0714. The second-order valence-corrected chi connectivity index (χ2v) is 4.45. The van der Waals surface area contributed by atoms with Gasteiger partial charge in [0.15, 0.2) is 0 Å². The largest absolute Gasteiger partial charge is 0.487 e. The lowest BCUT2D eigenvalue weighted by atomic mass is 10.1.